The van der Waals surface area contributed by atoms with Gasteiger partial charge in [-0.1, -0.05) is 5.16 Å². The van der Waals surface area contributed by atoms with Crippen molar-refractivity contribution in [3.8, 4) is 17.1 Å². The highest BCUT2D eigenvalue weighted by Gasteiger charge is 2.32. The lowest BCUT2D eigenvalue weighted by atomic mass is 10.1. The van der Waals surface area contributed by atoms with Crippen LogP contribution in [-0.2, 0) is 11.2 Å². The van der Waals surface area contributed by atoms with E-state index in [0.29, 0.717) is 43.1 Å². The average molecular weight is 343 g/mol. The van der Waals surface area contributed by atoms with Gasteiger partial charge in [-0.3, -0.25) is 4.79 Å². The van der Waals surface area contributed by atoms with Gasteiger partial charge in [0.15, 0.2) is 0 Å². The number of carbonyl (C=O) groups excluding carboxylic acids is 1. The Morgan fingerprint density at radius 1 is 1.36 bits per heavy atom. The van der Waals surface area contributed by atoms with E-state index in [4.69, 9.17) is 9.26 Å². The molecular weight excluding hydrogens is 318 g/mol. The third-order valence-corrected chi connectivity index (χ3v) is 4.75. The van der Waals surface area contributed by atoms with Gasteiger partial charge in [-0.2, -0.15) is 4.98 Å². The number of benzene rings is 1. The minimum Gasteiger partial charge on any atom is -0.494 e. The van der Waals surface area contributed by atoms with Gasteiger partial charge in [0.05, 0.1) is 6.61 Å². The van der Waals surface area contributed by atoms with Crippen molar-refractivity contribution in [3.05, 3.63) is 30.2 Å². The predicted molar refractivity (Wildman–Crippen MR) is 94.2 cm³/mol. The molecule has 0 radical (unpaired) electrons. The third kappa shape index (κ3) is 4.38. The zero-order chi connectivity index (χ0) is 17.8. The lowest BCUT2D eigenvalue weighted by molar-refractivity contribution is -0.132. The Hall–Kier alpha value is -2.37. The van der Waals surface area contributed by atoms with E-state index >= 15 is 0 Å². The number of aryl methyl sites for hydroxylation is 1. The van der Waals surface area contributed by atoms with Crippen LogP contribution in [0.5, 0.6) is 5.75 Å². The molecule has 1 fully saturated rings. The molecule has 1 amide bonds. The zero-order valence-corrected chi connectivity index (χ0v) is 15.1. The molecule has 0 bridgehead atoms. The number of aromatic nitrogens is 2. The van der Waals surface area contributed by atoms with E-state index in [9.17, 15) is 4.79 Å². The van der Waals surface area contributed by atoms with Gasteiger partial charge in [-0.15, -0.1) is 0 Å². The van der Waals surface area contributed by atoms with E-state index in [1.807, 2.05) is 43.1 Å². The summed E-state index contributed by atoms with van der Waals surface area (Å²) in [6.07, 6.45) is 3.31. The fourth-order valence-electron chi connectivity index (χ4n) is 2.85. The molecule has 1 saturated carbocycles. The van der Waals surface area contributed by atoms with Gasteiger partial charge in [0.25, 0.3) is 0 Å². The number of ether oxygens (including phenoxy) is 1. The summed E-state index contributed by atoms with van der Waals surface area (Å²) in [5, 5.41) is 4.01. The molecule has 1 heterocycles. The fraction of sp³-hybridized carbons (Fsp3) is 0.526. The third-order valence-electron chi connectivity index (χ3n) is 4.75. The normalized spacial score (nSPS) is 15.0. The van der Waals surface area contributed by atoms with Crippen LogP contribution in [0.15, 0.2) is 28.8 Å². The quantitative estimate of drug-likeness (QED) is 0.735. The summed E-state index contributed by atoms with van der Waals surface area (Å²) in [5.74, 6) is 2.63. The lowest BCUT2D eigenvalue weighted by Crippen LogP contribution is -2.36. The summed E-state index contributed by atoms with van der Waals surface area (Å²) in [7, 11) is 1.88. The van der Waals surface area contributed by atoms with Gasteiger partial charge in [0.1, 0.15) is 5.75 Å². The van der Waals surface area contributed by atoms with E-state index in [2.05, 4.69) is 17.1 Å². The second-order valence-corrected chi connectivity index (χ2v) is 6.55. The zero-order valence-electron chi connectivity index (χ0n) is 15.1. The second kappa shape index (κ2) is 7.68. The summed E-state index contributed by atoms with van der Waals surface area (Å²) in [6.45, 7) is 4.70. The molecule has 3 rings (SSSR count). The number of amides is 1. The van der Waals surface area contributed by atoms with Crippen LogP contribution < -0.4 is 4.74 Å². The summed E-state index contributed by atoms with van der Waals surface area (Å²) < 4.78 is 10.7. The molecule has 25 heavy (non-hydrogen) atoms. The van der Waals surface area contributed by atoms with Gasteiger partial charge in [-0.25, -0.2) is 0 Å². The van der Waals surface area contributed by atoms with Crippen molar-refractivity contribution < 1.29 is 14.1 Å². The molecule has 6 heteroatoms. The maximum atomic E-state index is 12.3. The maximum absolute atomic E-state index is 12.3. The second-order valence-electron chi connectivity index (χ2n) is 6.55. The Bertz CT molecular complexity index is 707. The standard InChI is InChI=1S/C19H25N3O3/c1-4-24-16-9-7-15(8-10-16)19-20-17(25-21-19)11-12-18(23)22(3)13(2)14-5-6-14/h7-10,13-14H,4-6,11-12H2,1-3H3. The molecule has 1 aliphatic carbocycles. The van der Waals surface area contributed by atoms with Crippen LogP contribution in [0.2, 0.25) is 0 Å². The molecule has 6 nitrogen and oxygen atoms in total. The summed E-state index contributed by atoms with van der Waals surface area (Å²) >= 11 is 0. The van der Waals surface area contributed by atoms with Crippen LogP contribution in [0, 0.1) is 5.92 Å². The van der Waals surface area contributed by atoms with E-state index < -0.39 is 0 Å². The average Bonchev–Trinajstić information content (AvgIpc) is 3.37. The minimum atomic E-state index is 0.125. The Morgan fingerprint density at radius 2 is 2.08 bits per heavy atom. The van der Waals surface area contributed by atoms with Crippen LogP contribution >= 0.6 is 0 Å². The number of hydrogen-bond donors (Lipinski definition) is 0. The SMILES string of the molecule is CCOc1ccc(-c2noc(CCC(=O)N(C)C(C)C3CC3)n2)cc1. The molecule has 0 saturated heterocycles. The topological polar surface area (TPSA) is 68.5 Å². The van der Waals surface area contributed by atoms with Crippen molar-refractivity contribution >= 4 is 5.91 Å². The Kier molecular flexibility index (Phi) is 5.36. The largest absolute Gasteiger partial charge is 0.494 e. The van der Waals surface area contributed by atoms with Gasteiger partial charge in [-0.05, 0) is 56.9 Å². The van der Waals surface area contributed by atoms with Crippen LogP contribution in [0.25, 0.3) is 11.4 Å². The molecular formula is C19H25N3O3. The molecule has 0 aliphatic heterocycles. The van der Waals surface area contributed by atoms with E-state index in [1.54, 1.807) is 0 Å². The van der Waals surface area contributed by atoms with Crippen molar-refractivity contribution in [2.75, 3.05) is 13.7 Å². The van der Waals surface area contributed by atoms with Crippen molar-refractivity contribution in [3.63, 3.8) is 0 Å². The summed E-state index contributed by atoms with van der Waals surface area (Å²) in [4.78, 5) is 18.5. The first-order chi connectivity index (χ1) is 12.1. The van der Waals surface area contributed by atoms with E-state index in [-0.39, 0.29) is 5.91 Å². The molecule has 0 spiro atoms. The first kappa shape index (κ1) is 17.5. The van der Waals surface area contributed by atoms with Crippen molar-refractivity contribution in [1.29, 1.82) is 0 Å². The molecule has 1 atom stereocenters. The molecule has 1 aromatic carbocycles. The molecule has 2 aromatic rings. The monoisotopic (exact) mass is 343 g/mol. The van der Waals surface area contributed by atoms with Crippen LogP contribution in [0.1, 0.15) is 39.0 Å². The van der Waals surface area contributed by atoms with Gasteiger partial charge >= 0.3 is 0 Å². The van der Waals surface area contributed by atoms with Gasteiger partial charge in [0, 0.05) is 31.5 Å². The van der Waals surface area contributed by atoms with Crippen molar-refractivity contribution in [1.82, 2.24) is 15.0 Å². The Morgan fingerprint density at radius 3 is 2.72 bits per heavy atom. The first-order valence-electron chi connectivity index (χ1n) is 8.90. The number of rotatable bonds is 8. The Balaban J connectivity index is 1.55. The molecule has 0 N–H and O–H groups in total. The highest BCUT2D eigenvalue weighted by molar-refractivity contribution is 5.76. The highest BCUT2D eigenvalue weighted by Crippen LogP contribution is 2.34. The number of carbonyl (C=O) groups is 1. The molecule has 1 aliphatic rings. The Labute approximate surface area is 148 Å². The molecule has 134 valence electrons. The van der Waals surface area contributed by atoms with E-state index in [1.165, 1.54) is 12.8 Å². The maximum Gasteiger partial charge on any atom is 0.227 e. The van der Waals surface area contributed by atoms with Crippen molar-refractivity contribution in [2.45, 2.75) is 45.6 Å². The minimum absolute atomic E-state index is 0.125. The highest BCUT2D eigenvalue weighted by atomic mass is 16.5. The van der Waals surface area contributed by atoms with Crippen LogP contribution in [0.3, 0.4) is 0 Å². The summed E-state index contributed by atoms with van der Waals surface area (Å²) in [6, 6.07) is 7.87. The van der Waals surface area contributed by atoms with E-state index in [0.717, 1.165) is 11.3 Å². The fourth-order valence-corrected chi connectivity index (χ4v) is 2.85. The molecule has 1 aromatic heterocycles. The first-order valence-corrected chi connectivity index (χ1v) is 8.90. The van der Waals surface area contributed by atoms with Crippen LogP contribution in [0.4, 0.5) is 0 Å². The summed E-state index contributed by atoms with van der Waals surface area (Å²) in [5.41, 5.74) is 0.865. The smallest absolute Gasteiger partial charge is 0.227 e. The van der Waals surface area contributed by atoms with Gasteiger partial charge in [0.2, 0.25) is 17.6 Å². The van der Waals surface area contributed by atoms with Crippen LogP contribution in [-0.4, -0.2) is 40.6 Å². The predicted octanol–water partition coefficient (Wildman–Crippen LogP) is 3.32. The van der Waals surface area contributed by atoms with Crippen molar-refractivity contribution in [2.24, 2.45) is 5.92 Å². The number of hydrogen-bond acceptors (Lipinski definition) is 5. The van der Waals surface area contributed by atoms with Gasteiger partial charge < -0.3 is 14.2 Å². The molecule has 1 unspecified atom stereocenters. The lowest BCUT2D eigenvalue weighted by Gasteiger charge is -2.24. The number of nitrogens with zero attached hydrogens (tertiary/aromatic N) is 3.